The Labute approximate surface area is 154 Å². The summed E-state index contributed by atoms with van der Waals surface area (Å²) in [5.41, 5.74) is 0.845. The van der Waals surface area contributed by atoms with Crippen molar-refractivity contribution >= 4 is 11.6 Å². The highest BCUT2D eigenvalue weighted by Gasteiger charge is 2.32. The number of carbonyl (C=O) groups is 1. The summed E-state index contributed by atoms with van der Waals surface area (Å²) >= 11 is 0. The average molecular weight is 384 g/mol. The molecule has 27 heavy (non-hydrogen) atoms. The summed E-state index contributed by atoms with van der Waals surface area (Å²) in [4.78, 5) is 12.0. The van der Waals surface area contributed by atoms with Crippen LogP contribution >= 0.6 is 0 Å². The van der Waals surface area contributed by atoms with Gasteiger partial charge in [0.2, 0.25) is 5.91 Å². The number of amides is 1. The maximum absolute atomic E-state index is 12.4. The van der Waals surface area contributed by atoms with E-state index in [1.54, 1.807) is 18.2 Å². The van der Waals surface area contributed by atoms with Gasteiger partial charge >= 0.3 is 6.36 Å². The maximum Gasteiger partial charge on any atom is 0.573 e. The minimum absolute atomic E-state index is 0.0658. The summed E-state index contributed by atoms with van der Waals surface area (Å²) < 4.78 is 51.4. The molecule has 0 spiro atoms. The number of nitrogens with one attached hydrogen (secondary N) is 2. The predicted molar refractivity (Wildman–Crippen MR) is 93.0 cm³/mol. The molecule has 0 unspecified atom stereocenters. The molecular formula is C18H19F3N2O4. The number of carbonyl (C=O) groups excluding carboxylic acids is 1. The largest absolute Gasteiger partial charge is 0.573 e. The van der Waals surface area contributed by atoms with Crippen LogP contribution in [0.3, 0.4) is 0 Å². The van der Waals surface area contributed by atoms with Crippen LogP contribution in [-0.2, 0) is 11.3 Å². The molecule has 2 rings (SSSR count). The maximum atomic E-state index is 12.4. The van der Waals surface area contributed by atoms with Crippen molar-refractivity contribution in [2.45, 2.75) is 12.9 Å². The quantitative estimate of drug-likeness (QED) is 0.731. The Hall–Kier alpha value is -3.10. The molecule has 0 saturated carbocycles. The molecule has 0 radical (unpaired) electrons. The number of para-hydroxylation sites is 2. The highest BCUT2D eigenvalue weighted by Crippen LogP contribution is 2.30. The molecule has 0 atom stereocenters. The first kappa shape index (κ1) is 20.2. The van der Waals surface area contributed by atoms with Gasteiger partial charge in [0.25, 0.3) is 0 Å². The van der Waals surface area contributed by atoms with Crippen LogP contribution in [0.1, 0.15) is 5.56 Å². The lowest BCUT2D eigenvalue weighted by atomic mass is 10.2. The van der Waals surface area contributed by atoms with Crippen molar-refractivity contribution in [3.8, 4) is 17.2 Å². The van der Waals surface area contributed by atoms with Gasteiger partial charge in [0, 0.05) is 6.54 Å². The van der Waals surface area contributed by atoms with Crippen molar-refractivity contribution in [2.24, 2.45) is 0 Å². The molecule has 0 aromatic heterocycles. The Morgan fingerprint density at radius 1 is 1.00 bits per heavy atom. The van der Waals surface area contributed by atoms with E-state index in [1.807, 2.05) is 0 Å². The van der Waals surface area contributed by atoms with Gasteiger partial charge in [0.05, 0.1) is 26.5 Å². The van der Waals surface area contributed by atoms with Crippen LogP contribution in [0.15, 0.2) is 42.5 Å². The summed E-state index contributed by atoms with van der Waals surface area (Å²) in [5.74, 6) is 0.292. The smallest absolute Gasteiger partial charge is 0.493 e. The van der Waals surface area contributed by atoms with Gasteiger partial charge in [-0.3, -0.25) is 4.79 Å². The number of rotatable bonds is 8. The fourth-order valence-electron chi connectivity index (χ4n) is 2.26. The number of benzene rings is 2. The minimum Gasteiger partial charge on any atom is -0.493 e. The third-order valence-corrected chi connectivity index (χ3v) is 3.49. The molecule has 0 bridgehead atoms. The van der Waals surface area contributed by atoms with Crippen LogP contribution in [0.2, 0.25) is 0 Å². The third kappa shape index (κ3) is 6.28. The van der Waals surface area contributed by atoms with Crippen LogP contribution in [0.5, 0.6) is 17.2 Å². The molecule has 2 N–H and O–H groups in total. The van der Waals surface area contributed by atoms with Crippen molar-refractivity contribution in [3.63, 3.8) is 0 Å². The van der Waals surface area contributed by atoms with Gasteiger partial charge in [-0.25, -0.2) is 0 Å². The first-order valence-electron chi connectivity index (χ1n) is 7.88. The molecule has 0 fully saturated rings. The van der Waals surface area contributed by atoms with Crippen molar-refractivity contribution in [2.75, 3.05) is 26.1 Å². The molecular weight excluding hydrogens is 365 g/mol. The van der Waals surface area contributed by atoms with Gasteiger partial charge in [-0.05, 0) is 29.8 Å². The summed E-state index contributed by atoms with van der Waals surface area (Å²) in [6.45, 7) is 0.00703. The number of hydrogen-bond donors (Lipinski definition) is 2. The van der Waals surface area contributed by atoms with Gasteiger partial charge in [0.15, 0.2) is 17.2 Å². The van der Waals surface area contributed by atoms with E-state index in [2.05, 4.69) is 15.4 Å². The molecule has 1 amide bonds. The topological polar surface area (TPSA) is 68.8 Å². The monoisotopic (exact) mass is 384 g/mol. The predicted octanol–water partition coefficient (Wildman–Crippen LogP) is 3.33. The molecule has 6 nitrogen and oxygen atoms in total. The molecule has 0 heterocycles. The molecule has 0 aliphatic heterocycles. The zero-order valence-corrected chi connectivity index (χ0v) is 14.7. The lowest BCUT2D eigenvalue weighted by molar-refractivity contribution is -0.274. The fraction of sp³-hybridized carbons (Fsp3) is 0.278. The summed E-state index contributed by atoms with van der Waals surface area (Å²) in [7, 11) is 3.02. The van der Waals surface area contributed by atoms with E-state index in [0.717, 1.165) is 11.6 Å². The SMILES string of the molecule is COc1ccc(CNC(=O)CNc2ccccc2OC(F)(F)F)cc1OC. The van der Waals surface area contributed by atoms with Crippen molar-refractivity contribution < 1.29 is 32.2 Å². The molecule has 2 aromatic carbocycles. The highest BCUT2D eigenvalue weighted by molar-refractivity contribution is 5.81. The van der Waals surface area contributed by atoms with Crippen molar-refractivity contribution in [3.05, 3.63) is 48.0 Å². The lowest BCUT2D eigenvalue weighted by Gasteiger charge is -2.14. The number of alkyl halides is 3. The van der Waals surface area contributed by atoms with Crippen LogP contribution in [0, 0.1) is 0 Å². The second kappa shape index (κ2) is 9.02. The van der Waals surface area contributed by atoms with E-state index in [9.17, 15) is 18.0 Å². The Morgan fingerprint density at radius 3 is 2.37 bits per heavy atom. The van der Waals surface area contributed by atoms with E-state index in [4.69, 9.17) is 9.47 Å². The number of ether oxygens (including phenoxy) is 3. The number of halogens is 3. The fourth-order valence-corrected chi connectivity index (χ4v) is 2.26. The Bertz CT molecular complexity index is 781. The van der Waals surface area contributed by atoms with Gasteiger partial charge in [-0.2, -0.15) is 0 Å². The van der Waals surface area contributed by atoms with Crippen molar-refractivity contribution in [1.82, 2.24) is 5.32 Å². The highest BCUT2D eigenvalue weighted by atomic mass is 19.4. The second-order valence-electron chi connectivity index (χ2n) is 5.36. The van der Waals surface area contributed by atoms with E-state index in [1.165, 1.54) is 32.4 Å². The molecule has 146 valence electrons. The number of methoxy groups -OCH3 is 2. The molecule has 9 heteroatoms. The average Bonchev–Trinajstić information content (AvgIpc) is 2.64. The van der Waals surface area contributed by atoms with Crippen LogP contribution < -0.4 is 24.8 Å². The molecule has 0 saturated heterocycles. The Kier molecular flexibility index (Phi) is 6.75. The normalized spacial score (nSPS) is 10.9. The standard InChI is InChI=1S/C18H19F3N2O4/c1-25-15-8-7-12(9-16(15)26-2)10-23-17(24)11-22-13-5-3-4-6-14(13)27-18(19,20)21/h3-9,22H,10-11H2,1-2H3,(H,23,24). The van der Waals surface area contributed by atoms with Crippen LogP contribution in [-0.4, -0.2) is 33.0 Å². The molecule has 2 aromatic rings. The van der Waals surface area contributed by atoms with E-state index in [-0.39, 0.29) is 18.8 Å². The van der Waals surface area contributed by atoms with Gasteiger partial charge in [0.1, 0.15) is 0 Å². The zero-order valence-electron chi connectivity index (χ0n) is 14.7. The lowest BCUT2D eigenvalue weighted by Crippen LogP contribution is -2.29. The zero-order chi connectivity index (χ0) is 19.9. The Morgan fingerprint density at radius 2 is 1.70 bits per heavy atom. The van der Waals surface area contributed by atoms with Crippen LogP contribution in [0.25, 0.3) is 0 Å². The van der Waals surface area contributed by atoms with Gasteiger partial charge in [-0.15, -0.1) is 13.2 Å². The number of hydrogen-bond acceptors (Lipinski definition) is 5. The first-order valence-corrected chi connectivity index (χ1v) is 7.88. The Balaban J connectivity index is 1.90. The van der Waals surface area contributed by atoms with Crippen molar-refractivity contribution in [1.29, 1.82) is 0 Å². The first-order chi connectivity index (χ1) is 12.8. The van der Waals surface area contributed by atoms with E-state index >= 15 is 0 Å². The van der Waals surface area contributed by atoms with Gasteiger partial charge < -0.3 is 24.8 Å². The van der Waals surface area contributed by atoms with Gasteiger partial charge in [-0.1, -0.05) is 18.2 Å². The summed E-state index contributed by atoms with van der Waals surface area (Å²) in [5, 5.41) is 5.30. The summed E-state index contributed by atoms with van der Waals surface area (Å²) in [6, 6.07) is 10.7. The minimum atomic E-state index is -4.81. The van der Waals surface area contributed by atoms with Crippen LogP contribution in [0.4, 0.5) is 18.9 Å². The third-order valence-electron chi connectivity index (χ3n) is 3.49. The number of anilines is 1. The summed E-state index contributed by atoms with van der Waals surface area (Å²) in [6.07, 6.45) is -4.81. The second-order valence-corrected chi connectivity index (χ2v) is 5.36. The van der Waals surface area contributed by atoms with E-state index in [0.29, 0.717) is 11.5 Å². The van der Waals surface area contributed by atoms with E-state index < -0.39 is 18.0 Å². The molecule has 0 aliphatic rings. The molecule has 0 aliphatic carbocycles.